The molecule has 0 heterocycles. The predicted octanol–water partition coefficient (Wildman–Crippen LogP) is 3.07. The van der Waals surface area contributed by atoms with Crippen molar-refractivity contribution in [3.05, 3.63) is 35.9 Å². The van der Waals surface area contributed by atoms with Gasteiger partial charge in [0.1, 0.15) is 0 Å². The van der Waals surface area contributed by atoms with E-state index in [2.05, 4.69) is 11.6 Å². The van der Waals surface area contributed by atoms with Crippen LogP contribution in [0, 0.1) is 0 Å². The van der Waals surface area contributed by atoms with E-state index in [1.54, 1.807) is 6.92 Å². The Balaban J connectivity index is 1.89. The van der Waals surface area contributed by atoms with E-state index in [0.717, 1.165) is 18.4 Å². The molecule has 1 aliphatic rings. The molecular weight excluding hydrogens is 282 g/mol. The molecule has 0 radical (unpaired) electrons. The molecule has 116 valence electrons. The number of rotatable bonds is 5. The molecule has 0 saturated heterocycles. The number of hydrogen-bond acceptors (Lipinski definition) is 3. The van der Waals surface area contributed by atoms with Crippen molar-refractivity contribution in [2.24, 2.45) is 0 Å². The van der Waals surface area contributed by atoms with Gasteiger partial charge in [-0.3, -0.25) is 4.79 Å². The number of aliphatic hydroxyl groups is 1. The summed E-state index contributed by atoms with van der Waals surface area (Å²) in [6, 6.07) is 9.65. The molecule has 1 aliphatic carbocycles. The van der Waals surface area contributed by atoms with Crippen LogP contribution < -0.4 is 5.32 Å². The molecule has 3 unspecified atom stereocenters. The van der Waals surface area contributed by atoms with Gasteiger partial charge in [0, 0.05) is 11.3 Å². The summed E-state index contributed by atoms with van der Waals surface area (Å²) in [7, 11) is 0. The van der Waals surface area contributed by atoms with Gasteiger partial charge < -0.3 is 10.4 Å². The second kappa shape index (κ2) is 7.32. The van der Waals surface area contributed by atoms with Gasteiger partial charge in [-0.2, -0.15) is 11.8 Å². The Morgan fingerprint density at radius 1 is 1.38 bits per heavy atom. The topological polar surface area (TPSA) is 49.3 Å². The molecule has 0 bridgehead atoms. The van der Waals surface area contributed by atoms with Crippen LogP contribution in [0.2, 0.25) is 0 Å². The highest BCUT2D eigenvalue weighted by atomic mass is 32.2. The lowest BCUT2D eigenvalue weighted by atomic mass is 9.91. The summed E-state index contributed by atoms with van der Waals surface area (Å²) in [6.07, 6.45) is 6.75. The van der Waals surface area contributed by atoms with Crippen LogP contribution in [0.25, 0.3) is 0 Å². The van der Waals surface area contributed by atoms with Crippen molar-refractivity contribution < 1.29 is 9.90 Å². The van der Waals surface area contributed by atoms with Crippen LogP contribution in [0.1, 0.15) is 44.6 Å². The van der Waals surface area contributed by atoms with E-state index in [-0.39, 0.29) is 18.4 Å². The smallest absolute Gasteiger partial charge is 0.223 e. The fourth-order valence-corrected chi connectivity index (χ4v) is 3.81. The quantitative estimate of drug-likeness (QED) is 0.879. The van der Waals surface area contributed by atoms with Gasteiger partial charge in [-0.05, 0) is 38.0 Å². The fourth-order valence-electron chi connectivity index (χ4n) is 2.98. The number of carbonyl (C=O) groups is 1. The number of amides is 1. The maximum absolute atomic E-state index is 12.2. The standard InChI is InChI=1S/C17H25NO2S/c1-17(20,13-7-4-3-5-8-13)12-16(19)18-14-9-6-10-15(11-14)21-2/h3-5,7-8,14-15,20H,6,9-12H2,1-2H3,(H,18,19). The molecule has 21 heavy (non-hydrogen) atoms. The number of carbonyl (C=O) groups excluding carboxylic acids is 1. The highest BCUT2D eigenvalue weighted by molar-refractivity contribution is 7.99. The van der Waals surface area contributed by atoms with Crippen LogP contribution in [0.3, 0.4) is 0 Å². The molecule has 1 aromatic rings. The molecule has 2 N–H and O–H groups in total. The van der Waals surface area contributed by atoms with Crippen LogP contribution in [0.15, 0.2) is 30.3 Å². The van der Waals surface area contributed by atoms with Crippen molar-refractivity contribution in [2.75, 3.05) is 6.26 Å². The molecule has 0 aliphatic heterocycles. The Morgan fingerprint density at radius 3 is 2.76 bits per heavy atom. The number of hydrogen-bond donors (Lipinski definition) is 2. The van der Waals surface area contributed by atoms with Gasteiger partial charge in [0.2, 0.25) is 5.91 Å². The summed E-state index contributed by atoms with van der Waals surface area (Å²) in [4.78, 5) is 12.2. The van der Waals surface area contributed by atoms with Crippen molar-refractivity contribution in [3.63, 3.8) is 0 Å². The second-order valence-electron chi connectivity index (χ2n) is 6.11. The number of nitrogens with one attached hydrogen (secondary N) is 1. The van der Waals surface area contributed by atoms with E-state index < -0.39 is 5.60 Å². The first-order chi connectivity index (χ1) is 10.0. The predicted molar refractivity (Wildman–Crippen MR) is 88.3 cm³/mol. The lowest BCUT2D eigenvalue weighted by Crippen LogP contribution is -2.41. The molecular formula is C17H25NO2S. The first-order valence-corrected chi connectivity index (χ1v) is 8.90. The van der Waals surface area contributed by atoms with Crippen molar-refractivity contribution in [1.29, 1.82) is 0 Å². The lowest BCUT2D eigenvalue weighted by Gasteiger charge is -2.30. The largest absolute Gasteiger partial charge is 0.385 e. The average molecular weight is 307 g/mol. The summed E-state index contributed by atoms with van der Waals surface area (Å²) in [5.41, 5.74) is -0.329. The molecule has 2 rings (SSSR count). The normalized spacial score (nSPS) is 25.1. The van der Waals surface area contributed by atoms with Crippen LogP contribution in [0.4, 0.5) is 0 Å². The maximum atomic E-state index is 12.2. The van der Waals surface area contributed by atoms with Gasteiger partial charge in [0.15, 0.2) is 0 Å². The Labute approximate surface area is 131 Å². The number of benzene rings is 1. The highest BCUT2D eigenvalue weighted by Crippen LogP contribution is 2.28. The first kappa shape index (κ1) is 16.4. The monoisotopic (exact) mass is 307 g/mol. The molecule has 1 saturated carbocycles. The molecule has 4 heteroatoms. The summed E-state index contributed by atoms with van der Waals surface area (Å²) < 4.78 is 0. The van der Waals surface area contributed by atoms with E-state index >= 15 is 0 Å². The van der Waals surface area contributed by atoms with E-state index in [4.69, 9.17) is 0 Å². The minimum absolute atomic E-state index is 0.0596. The van der Waals surface area contributed by atoms with Crippen LogP contribution >= 0.6 is 11.8 Å². The zero-order valence-electron chi connectivity index (χ0n) is 12.8. The van der Waals surface area contributed by atoms with Gasteiger partial charge >= 0.3 is 0 Å². The molecule has 3 atom stereocenters. The van der Waals surface area contributed by atoms with E-state index in [1.807, 2.05) is 42.1 Å². The molecule has 0 spiro atoms. The van der Waals surface area contributed by atoms with E-state index in [9.17, 15) is 9.90 Å². The molecule has 1 aromatic carbocycles. The Morgan fingerprint density at radius 2 is 2.10 bits per heavy atom. The van der Waals surface area contributed by atoms with Crippen molar-refractivity contribution >= 4 is 17.7 Å². The summed E-state index contributed by atoms with van der Waals surface area (Å²) >= 11 is 1.89. The summed E-state index contributed by atoms with van der Waals surface area (Å²) in [5, 5.41) is 14.3. The van der Waals surface area contributed by atoms with Crippen LogP contribution in [-0.4, -0.2) is 28.6 Å². The van der Waals surface area contributed by atoms with Gasteiger partial charge in [0.05, 0.1) is 12.0 Å². The Kier molecular flexibility index (Phi) is 5.71. The second-order valence-corrected chi connectivity index (χ2v) is 7.24. The molecule has 1 amide bonds. The third-order valence-electron chi connectivity index (χ3n) is 4.23. The summed E-state index contributed by atoms with van der Waals surface area (Å²) in [6.45, 7) is 1.70. The van der Waals surface area contributed by atoms with Gasteiger partial charge in [-0.25, -0.2) is 0 Å². The third-order valence-corrected chi connectivity index (χ3v) is 5.32. The SMILES string of the molecule is CSC1CCCC(NC(=O)CC(C)(O)c2ccccc2)C1. The zero-order valence-corrected chi connectivity index (χ0v) is 13.7. The molecule has 0 aromatic heterocycles. The van der Waals surface area contributed by atoms with Crippen LogP contribution in [0.5, 0.6) is 0 Å². The highest BCUT2D eigenvalue weighted by Gasteiger charge is 2.28. The van der Waals surface area contributed by atoms with Crippen molar-refractivity contribution in [1.82, 2.24) is 5.32 Å². The van der Waals surface area contributed by atoms with Crippen molar-refractivity contribution in [3.8, 4) is 0 Å². The minimum Gasteiger partial charge on any atom is -0.385 e. The van der Waals surface area contributed by atoms with Gasteiger partial charge in [-0.15, -0.1) is 0 Å². The Hall–Kier alpha value is -1.00. The lowest BCUT2D eigenvalue weighted by molar-refractivity contribution is -0.126. The number of thioether (sulfide) groups is 1. The van der Waals surface area contributed by atoms with E-state index in [1.165, 1.54) is 12.8 Å². The molecule has 3 nitrogen and oxygen atoms in total. The maximum Gasteiger partial charge on any atom is 0.223 e. The van der Waals surface area contributed by atoms with Gasteiger partial charge in [0.25, 0.3) is 0 Å². The Bertz CT molecular complexity index is 461. The summed E-state index contributed by atoms with van der Waals surface area (Å²) in [5.74, 6) is -0.0596. The van der Waals surface area contributed by atoms with Crippen LogP contribution in [-0.2, 0) is 10.4 Å². The van der Waals surface area contributed by atoms with Gasteiger partial charge in [-0.1, -0.05) is 36.8 Å². The zero-order chi connectivity index (χ0) is 15.3. The fraction of sp³-hybridized carbons (Fsp3) is 0.588. The first-order valence-electron chi connectivity index (χ1n) is 7.61. The van der Waals surface area contributed by atoms with Crippen molar-refractivity contribution in [2.45, 2.75) is 55.9 Å². The minimum atomic E-state index is -1.11. The third kappa shape index (κ3) is 4.75. The average Bonchev–Trinajstić information content (AvgIpc) is 2.47. The molecule has 1 fully saturated rings. The van der Waals surface area contributed by atoms with E-state index in [0.29, 0.717) is 5.25 Å².